The Morgan fingerprint density at radius 1 is 1.17 bits per heavy atom. The van der Waals surface area contributed by atoms with Gasteiger partial charge in [-0.1, -0.05) is 30.3 Å². The van der Waals surface area contributed by atoms with Crippen LogP contribution in [0.1, 0.15) is 13.3 Å². The summed E-state index contributed by atoms with van der Waals surface area (Å²) in [6.45, 7) is 6.14. The summed E-state index contributed by atoms with van der Waals surface area (Å²) in [6.07, 6.45) is 0.913. The number of aromatic nitrogens is 2. The lowest BCUT2D eigenvalue weighted by atomic mass is 10.2. The van der Waals surface area contributed by atoms with Gasteiger partial charge < -0.3 is 19.9 Å². The van der Waals surface area contributed by atoms with Crippen molar-refractivity contribution in [1.82, 2.24) is 15.3 Å². The second-order valence-corrected chi connectivity index (χ2v) is 7.97. The number of hydrogen-bond acceptors (Lipinski definition) is 7. The highest BCUT2D eigenvalue weighted by molar-refractivity contribution is 7.99. The summed E-state index contributed by atoms with van der Waals surface area (Å²) >= 11 is 7.51. The monoisotopic (exact) mass is 435 g/mol. The molecule has 1 aliphatic rings. The van der Waals surface area contributed by atoms with E-state index >= 15 is 0 Å². The van der Waals surface area contributed by atoms with Crippen LogP contribution >= 0.6 is 23.4 Å². The second kappa shape index (κ2) is 10.5. The average molecular weight is 436 g/mol. The topological polar surface area (TPSA) is 70.6 Å². The van der Waals surface area contributed by atoms with Crippen LogP contribution in [0.25, 0.3) is 0 Å². The van der Waals surface area contributed by atoms with E-state index in [0.29, 0.717) is 16.9 Å². The van der Waals surface area contributed by atoms with Crippen molar-refractivity contribution in [3.63, 3.8) is 0 Å². The Hall–Kier alpha value is -2.19. The van der Waals surface area contributed by atoms with Crippen molar-refractivity contribution in [2.24, 2.45) is 0 Å². The number of carbonyl (C=O) groups excluding carboxylic acids is 1. The molecule has 2 aromatic rings. The number of nitrogens with zero attached hydrogens (tertiary/aromatic N) is 4. The Kier molecular flexibility index (Phi) is 7.83. The molecular formula is C20H26ClN5O2S. The lowest BCUT2D eigenvalue weighted by molar-refractivity contribution is -0.118. The number of benzene rings is 1. The maximum Gasteiger partial charge on any atom is 0.230 e. The van der Waals surface area contributed by atoms with Crippen LogP contribution in [0.2, 0.25) is 5.15 Å². The van der Waals surface area contributed by atoms with Gasteiger partial charge in [0.1, 0.15) is 16.7 Å². The lowest BCUT2D eigenvalue weighted by Gasteiger charge is -2.36. The SMILES string of the molecule is CCCNC(=O)CSc1nc(Cl)cc(N2CCN(c3ccc(OC)cc3)CC2)n1. The molecule has 1 aromatic carbocycles. The number of amides is 1. The van der Waals surface area contributed by atoms with Gasteiger partial charge in [-0.3, -0.25) is 4.79 Å². The molecule has 0 spiro atoms. The van der Waals surface area contributed by atoms with Crippen molar-refractivity contribution in [3.8, 4) is 5.75 Å². The molecule has 1 fully saturated rings. The van der Waals surface area contributed by atoms with E-state index < -0.39 is 0 Å². The summed E-state index contributed by atoms with van der Waals surface area (Å²) in [5.74, 6) is 1.92. The Bertz CT molecular complexity index is 813. The number of carbonyl (C=O) groups is 1. The van der Waals surface area contributed by atoms with E-state index in [-0.39, 0.29) is 11.7 Å². The number of halogens is 1. The Morgan fingerprint density at radius 2 is 1.86 bits per heavy atom. The fourth-order valence-electron chi connectivity index (χ4n) is 3.04. The van der Waals surface area contributed by atoms with Crippen LogP contribution < -0.4 is 19.9 Å². The maximum absolute atomic E-state index is 11.8. The van der Waals surface area contributed by atoms with Gasteiger partial charge in [0, 0.05) is 44.5 Å². The summed E-state index contributed by atoms with van der Waals surface area (Å²) < 4.78 is 5.23. The van der Waals surface area contributed by atoms with E-state index in [0.717, 1.165) is 44.2 Å². The highest BCUT2D eigenvalue weighted by atomic mass is 35.5. The van der Waals surface area contributed by atoms with Gasteiger partial charge in [-0.25, -0.2) is 9.97 Å². The molecule has 156 valence electrons. The summed E-state index contributed by atoms with van der Waals surface area (Å²) in [5.41, 5.74) is 1.18. The number of ether oxygens (including phenoxy) is 1. The molecule has 0 radical (unpaired) electrons. The number of anilines is 2. The van der Waals surface area contributed by atoms with Crippen LogP contribution in [-0.2, 0) is 4.79 Å². The van der Waals surface area contributed by atoms with Gasteiger partial charge in [-0.05, 0) is 30.7 Å². The second-order valence-electron chi connectivity index (χ2n) is 6.64. The van der Waals surface area contributed by atoms with E-state index in [4.69, 9.17) is 16.3 Å². The normalized spacial score (nSPS) is 14.0. The van der Waals surface area contributed by atoms with Crippen molar-refractivity contribution < 1.29 is 9.53 Å². The predicted octanol–water partition coefficient (Wildman–Crippen LogP) is 3.08. The first-order valence-electron chi connectivity index (χ1n) is 9.67. The van der Waals surface area contributed by atoms with E-state index in [9.17, 15) is 4.79 Å². The third kappa shape index (κ3) is 6.14. The fraction of sp³-hybridized carbons (Fsp3) is 0.450. The highest BCUT2D eigenvalue weighted by Gasteiger charge is 2.20. The summed E-state index contributed by atoms with van der Waals surface area (Å²) in [6, 6.07) is 9.90. The highest BCUT2D eigenvalue weighted by Crippen LogP contribution is 2.25. The minimum atomic E-state index is -0.0184. The quantitative estimate of drug-likeness (QED) is 0.388. The summed E-state index contributed by atoms with van der Waals surface area (Å²) in [4.78, 5) is 25.2. The van der Waals surface area contributed by atoms with Crippen LogP contribution in [0.3, 0.4) is 0 Å². The molecule has 1 saturated heterocycles. The molecule has 1 aliphatic heterocycles. The van der Waals surface area contributed by atoms with Crippen LogP contribution in [0.5, 0.6) is 5.75 Å². The molecule has 0 bridgehead atoms. The van der Waals surface area contributed by atoms with Gasteiger partial charge in [0.25, 0.3) is 0 Å². The molecule has 1 amide bonds. The molecule has 0 unspecified atom stereocenters. The predicted molar refractivity (Wildman–Crippen MR) is 118 cm³/mol. The molecule has 3 rings (SSSR count). The number of rotatable bonds is 8. The zero-order valence-electron chi connectivity index (χ0n) is 16.7. The largest absolute Gasteiger partial charge is 0.497 e. The molecule has 9 heteroatoms. The molecule has 0 atom stereocenters. The first-order valence-corrected chi connectivity index (χ1v) is 11.0. The van der Waals surface area contributed by atoms with E-state index in [1.54, 1.807) is 13.2 Å². The number of thioether (sulfide) groups is 1. The van der Waals surface area contributed by atoms with Crippen LogP contribution in [0.4, 0.5) is 11.5 Å². The number of piperazine rings is 1. The van der Waals surface area contributed by atoms with Crippen molar-refractivity contribution >= 4 is 40.8 Å². The Morgan fingerprint density at radius 3 is 2.52 bits per heavy atom. The van der Waals surface area contributed by atoms with Crippen molar-refractivity contribution in [2.75, 3.05) is 55.4 Å². The van der Waals surface area contributed by atoms with Crippen molar-refractivity contribution in [3.05, 3.63) is 35.5 Å². The summed E-state index contributed by atoms with van der Waals surface area (Å²) in [5, 5.41) is 3.77. The molecule has 1 N–H and O–H groups in total. The standard InChI is InChI=1S/C20H26ClN5O2S/c1-3-8-22-19(27)14-29-20-23-17(21)13-18(24-20)26-11-9-25(10-12-26)15-4-6-16(28-2)7-5-15/h4-7,13H,3,8-12,14H2,1-2H3,(H,22,27). The van der Waals surface area contributed by atoms with Gasteiger partial charge in [0.05, 0.1) is 12.9 Å². The van der Waals surface area contributed by atoms with Crippen molar-refractivity contribution in [2.45, 2.75) is 18.5 Å². The first kappa shape index (κ1) is 21.5. The van der Waals surface area contributed by atoms with E-state index in [1.165, 1.54) is 17.4 Å². The molecule has 2 heterocycles. The molecule has 29 heavy (non-hydrogen) atoms. The number of nitrogens with one attached hydrogen (secondary N) is 1. The minimum absolute atomic E-state index is 0.0184. The Labute approximate surface area is 180 Å². The first-order chi connectivity index (χ1) is 14.1. The zero-order valence-corrected chi connectivity index (χ0v) is 18.3. The van der Waals surface area contributed by atoms with Gasteiger partial charge in [-0.2, -0.15) is 0 Å². The van der Waals surface area contributed by atoms with Gasteiger partial charge in [0.2, 0.25) is 5.91 Å². The number of hydrogen-bond donors (Lipinski definition) is 1. The smallest absolute Gasteiger partial charge is 0.230 e. The minimum Gasteiger partial charge on any atom is -0.497 e. The maximum atomic E-state index is 11.8. The van der Waals surface area contributed by atoms with Gasteiger partial charge >= 0.3 is 0 Å². The van der Waals surface area contributed by atoms with Crippen LogP contribution in [-0.4, -0.2) is 61.5 Å². The number of methoxy groups -OCH3 is 1. The van der Waals surface area contributed by atoms with Crippen LogP contribution in [0, 0.1) is 0 Å². The Balaban J connectivity index is 1.58. The van der Waals surface area contributed by atoms with Gasteiger partial charge in [0.15, 0.2) is 5.16 Å². The molecule has 1 aromatic heterocycles. The average Bonchev–Trinajstić information content (AvgIpc) is 2.76. The molecular weight excluding hydrogens is 410 g/mol. The third-order valence-electron chi connectivity index (χ3n) is 4.61. The van der Waals surface area contributed by atoms with Crippen LogP contribution in [0.15, 0.2) is 35.5 Å². The van der Waals surface area contributed by atoms with E-state index in [1.807, 2.05) is 19.1 Å². The van der Waals surface area contributed by atoms with Crippen molar-refractivity contribution in [1.29, 1.82) is 0 Å². The fourth-order valence-corrected chi connectivity index (χ4v) is 3.96. The lowest BCUT2D eigenvalue weighted by Crippen LogP contribution is -2.46. The molecule has 0 aliphatic carbocycles. The third-order valence-corrected chi connectivity index (χ3v) is 5.65. The molecule has 0 saturated carbocycles. The summed E-state index contributed by atoms with van der Waals surface area (Å²) in [7, 11) is 1.67. The zero-order chi connectivity index (χ0) is 20.6. The van der Waals surface area contributed by atoms with E-state index in [2.05, 4.69) is 37.2 Å². The molecule has 7 nitrogen and oxygen atoms in total. The van der Waals surface area contributed by atoms with Gasteiger partial charge in [-0.15, -0.1) is 0 Å².